The van der Waals surface area contributed by atoms with Crippen molar-refractivity contribution in [3.8, 4) is 17.0 Å². The van der Waals surface area contributed by atoms with Crippen LogP contribution in [0, 0.1) is 6.92 Å². The van der Waals surface area contributed by atoms with Gasteiger partial charge in [-0.15, -0.1) is 0 Å². The van der Waals surface area contributed by atoms with E-state index >= 15 is 0 Å². The summed E-state index contributed by atoms with van der Waals surface area (Å²) in [6.45, 7) is 8.32. The van der Waals surface area contributed by atoms with Crippen LogP contribution in [0.15, 0.2) is 24.3 Å². The van der Waals surface area contributed by atoms with Crippen LogP contribution in [0.2, 0.25) is 0 Å². The summed E-state index contributed by atoms with van der Waals surface area (Å²) in [4.78, 5) is 0. The van der Waals surface area contributed by atoms with Gasteiger partial charge in [0, 0.05) is 11.6 Å². The van der Waals surface area contributed by atoms with E-state index < -0.39 is 0 Å². The number of nitrogens with zero attached hydrogens (tertiary/aromatic N) is 2. The molecule has 3 heteroatoms. The third-order valence-electron chi connectivity index (χ3n) is 3.26. The van der Waals surface area contributed by atoms with Crippen LogP contribution >= 0.6 is 0 Å². The van der Waals surface area contributed by atoms with E-state index in [1.54, 1.807) is 0 Å². The summed E-state index contributed by atoms with van der Waals surface area (Å²) in [7, 11) is 0. The zero-order chi connectivity index (χ0) is 14.0. The summed E-state index contributed by atoms with van der Waals surface area (Å²) in [6.07, 6.45) is 1.79. The van der Waals surface area contributed by atoms with Gasteiger partial charge in [0.05, 0.1) is 0 Å². The lowest BCUT2D eigenvalue weighted by Gasteiger charge is -2.11. The number of aromatic hydroxyl groups is 1. The summed E-state index contributed by atoms with van der Waals surface area (Å²) in [5, 5.41) is 15.0. The molecule has 2 aromatic rings. The third kappa shape index (κ3) is 2.65. The summed E-state index contributed by atoms with van der Waals surface area (Å²) >= 11 is 0. The smallest absolute Gasteiger partial charge is 0.164 e. The molecule has 0 saturated carbocycles. The van der Waals surface area contributed by atoms with E-state index in [1.807, 2.05) is 16.8 Å². The second-order valence-corrected chi connectivity index (χ2v) is 5.30. The molecule has 0 amide bonds. The lowest BCUT2D eigenvalue weighted by atomic mass is 10.1. The van der Waals surface area contributed by atoms with Gasteiger partial charge in [-0.2, -0.15) is 5.10 Å². The first kappa shape index (κ1) is 13.7. The van der Waals surface area contributed by atoms with Crippen LogP contribution in [0.3, 0.4) is 0 Å². The highest BCUT2D eigenvalue weighted by molar-refractivity contribution is 5.68. The van der Waals surface area contributed by atoms with Crippen LogP contribution in [-0.4, -0.2) is 14.9 Å². The molecule has 1 aromatic heterocycles. The topological polar surface area (TPSA) is 38.0 Å². The summed E-state index contributed by atoms with van der Waals surface area (Å²) in [5.41, 5.74) is 3.87. The van der Waals surface area contributed by atoms with Gasteiger partial charge in [-0.3, -0.25) is 4.68 Å². The monoisotopic (exact) mass is 258 g/mol. The lowest BCUT2D eigenvalue weighted by Crippen LogP contribution is -2.05. The molecule has 0 unspecified atom stereocenters. The summed E-state index contributed by atoms with van der Waals surface area (Å²) < 4.78 is 1.92. The average molecular weight is 258 g/mol. The van der Waals surface area contributed by atoms with Crippen molar-refractivity contribution in [1.29, 1.82) is 0 Å². The number of rotatable bonds is 4. The SMILES string of the molecule is CCCc1nn(C(C)C)c(-c2ccc(C)cc2)c1O. The molecule has 19 heavy (non-hydrogen) atoms. The molecule has 0 spiro atoms. The number of hydrogen-bond donors (Lipinski definition) is 1. The molecule has 3 nitrogen and oxygen atoms in total. The maximum absolute atomic E-state index is 10.4. The molecule has 2 rings (SSSR count). The number of hydrogen-bond acceptors (Lipinski definition) is 2. The maximum Gasteiger partial charge on any atom is 0.164 e. The fourth-order valence-corrected chi connectivity index (χ4v) is 2.23. The van der Waals surface area contributed by atoms with Crippen molar-refractivity contribution in [2.24, 2.45) is 0 Å². The molecule has 0 saturated heterocycles. The Morgan fingerprint density at radius 2 is 1.84 bits per heavy atom. The number of aryl methyl sites for hydroxylation is 2. The van der Waals surface area contributed by atoms with Crippen molar-refractivity contribution in [3.05, 3.63) is 35.5 Å². The minimum absolute atomic E-state index is 0.229. The molecule has 1 aromatic carbocycles. The van der Waals surface area contributed by atoms with Gasteiger partial charge in [0.1, 0.15) is 11.4 Å². The molecule has 0 bridgehead atoms. The predicted molar refractivity (Wildman–Crippen MR) is 78.4 cm³/mol. The molecule has 0 aliphatic carbocycles. The first-order valence-electron chi connectivity index (χ1n) is 6.92. The highest BCUT2D eigenvalue weighted by atomic mass is 16.3. The van der Waals surface area contributed by atoms with Crippen molar-refractivity contribution in [2.45, 2.75) is 46.6 Å². The minimum Gasteiger partial charge on any atom is -0.504 e. The van der Waals surface area contributed by atoms with Gasteiger partial charge < -0.3 is 5.11 Å². The Labute approximate surface area is 114 Å². The summed E-state index contributed by atoms with van der Waals surface area (Å²) in [5.74, 6) is 0.333. The van der Waals surface area contributed by atoms with E-state index in [9.17, 15) is 5.11 Å². The Balaban J connectivity index is 2.56. The van der Waals surface area contributed by atoms with E-state index in [0.29, 0.717) is 5.75 Å². The fraction of sp³-hybridized carbons (Fsp3) is 0.438. The standard InChI is InChI=1S/C16H22N2O/c1-5-6-14-16(19)15(18(17-14)11(2)3)13-9-7-12(4)8-10-13/h7-11,19H,5-6H2,1-4H3. The Morgan fingerprint density at radius 1 is 1.21 bits per heavy atom. The highest BCUT2D eigenvalue weighted by Crippen LogP contribution is 2.34. The minimum atomic E-state index is 0.229. The molecule has 1 N–H and O–H groups in total. The molecule has 1 heterocycles. The van der Waals surface area contributed by atoms with Gasteiger partial charge in [-0.05, 0) is 27.2 Å². The zero-order valence-electron chi connectivity index (χ0n) is 12.1. The van der Waals surface area contributed by atoms with Crippen LogP contribution in [0.5, 0.6) is 5.75 Å². The molecule has 0 atom stereocenters. The zero-order valence-corrected chi connectivity index (χ0v) is 12.1. The van der Waals surface area contributed by atoms with Crippen LogP contribution < -0.4 is 0 Å². The Bertz CT molecular complexity index is 553. The largest absolute Gasteiger partial charge is 0.504 e. The normalized spacial score (nSPS) is 11.2. The van der Waals surface area contributed by atoms with Crippen LogP contribution in [0.4, 0.5) is 0 Å². The van der Waals surface area contributed by atoms with Gasteiger partial charge in [0.15, 0.2) is 5.75 Å². The van der Waals surface area contributed by atoms with Crippen LogP contribution in [-0.2, 0) is 6.42 Å². The van der Waals surface area contributed by atoms with Gasteiger partial charge in [-0.25, -0.2) is 0 Å². The van der Waals surface area contributed by atoms with Gasteiger partial charge in [0.2, 0.25) is 0 Å². The van der Waals surface area contributed by atoms with Gasteiger partial charge in [0.25, 0.3) is 0 Å². The van der Waals surface area contributed by atoms with Gasteiger partial charge in [-0.1, -0.05) is 43.2 Å². The van der Waals surface area contributed by atoms with E-state index in [2.05, 4.69) is 44.9 Å². The lowest BCUT2D eigenvalue weighted by molar-refractivity contribution is 0.468. The van der Waals surface area contributed by atoms with Crippen molar-refractivity contribution >= 4 is 0 Å². The van der Waals surface area contributed by atoms with Crippen LogP contribution in [0.1, 0.15) is 44.5 Å². The Hall–Kier alpha value is -1.77. The fourth-order valence-electron chi connectivity index (χ4n) is 2.23. The molecular weight excluding hydrogens is 236 g/mol. The molecule has 0 radical (unpaired) electrons. The van der Waals surface area contributed by atoms with Crippen molar-refractivity contribution in [1.82, 2.24) is 9.78 Å². The summed E-state index contributed by atoms with van der Waals surface area (Å²) in [6, 6.07) is 8.44. The molecule has 0 aliphatic heterocycles. The number of aromatic nitrogens is 2. The molecular formula is C16H22N2O. The highest BCUT2D eigenvalue weighted by Gasteiger charge is 2.19. The van der Waals surface area contributed by atoms with Crippen molar-refractivity contribution < 1.29 is 5.11 Å². The molecule has 102 valence electrons. The van der Waals surface area contributed by atoms with Gasteiger partial charge >= 0.3 is 0 Å². The second-order valence-electron chi connectivity index (χ2n) is 5.30. The number of benzene rings is 1. The second kappa shape index (κ2) is 5.47. The van der Waals surface area contributed by atoms with E-state index in [0.717, 1.165) is 29.8 Å². The van der Waals surface area contributed by atoms with Crippen molar-refractivity contribution in [2.75, 3.05) is 0 Å². The maximum atomic E-state index is 10.4. The van der Waals surface area contributed by atoms with Crippen LogP contribution in [0.25, 0.3) is 11.3 Å². The van der Waals surface area contributed by atoms with Crippen molar-refractivity contribution in [3.63, 3.8) is 0 Å². The van der Waals surface area contributed by atoms with E-state index in [1.165, 1.54) is 5.56 Å². The first-order chi connectivity index (χ1) is 9.04. The first-order valence-corrected chi connectivity index (χ1v) is 6.92. The van der Waals surface area contributed by atoms with E-state index in [-0.39, 0.29) is 6.04 Å². The quantitative estimate of drug-likeness (QED) is 0.896. The predicted octanol–water partition coefficient (Wildman–Crippen LogP) is 4.10. The molecule has 0 fully saturated rings. The van der Waals surface area contributed by atoms with E-state index in [4.69, 9.17) is 0 Å². The Kier molecular flexibility index (Phi) is 3.93. The average Bonchev–Trinajstić information content (AvgIpc) is 2.69. The Morgan fingerprint density at radius 3 is 2.37 bits per heavy atom. The third-order valence-corrected chi connectivity index (χ3v) is 3.26. The molecule has 0 aliphatic rings.